The molecule has 0 bridgehead atoms. The summed E-state index contributed by atoms with van der Waals surface area (Å²) < 4.78 is 23.3. The smallest absolute Gasteiger partial charge is 0.321 e. The first-order valence-corrected chi connectivity index (χ1v) is 5.37. The Hall–Kier alpha value is 0.0900. The summed E-state index contributed by atoms with van der Waals surface area (Å²) in [5, 5.41) is 6.94. The maximum absolute atomic E-state index is 12.3. The van der Waals surface area contributed by atoms with Crippen LogP contribution in [-0.4, -0.2) is 21.0 Å². The zero-order valence-corrected chi connectivity index (χ0v) is 7.84. The van der Waals surface area contributed by atoms with E-state index in [1.165, 1.54) is 6.26 Å². The van der Waals surface area contributed by atoms with Crippen LogP contribution in [0, 0.1) is 0 Å². The Morgan fingerprint density at radius 1 is 1.73 bits per heavy atom. The van der Waals surface area contributed by atoms with Crippen molar-refractivity contribution < 1.29 is 8.94 Å². The topological polar surface area (TPSA) is 48.8 Å². The highest BCUT2D eigenvalue weighted by atomic mass is 35.5. The molecular formula is C4H4ClFN2OS2. The lowest BCUT2D eigenvalue weighted by atomic mass is 10.8. The predicted octanol–water partition coefficient (Wildman–Crippen LogP) is 1.48. The molecule has 0 aliphatic carbocycles. The van der Waals surface area contributed by atoms with Gasteiger partial charge in [-0.3, -0.25) is 0 Å². The van der Waals surface area contributed by atoms with Gasteiger partial charge in [0.05, 0.1) is 0 Å². The van der Waals surface area contributed by atoms with Crippen LogP contribution in [-0.2, 0) is 11.2 Å². The van der Waals surface area contributed by atoms with Crippen LogP contribution in [0.3, 0.4) is 0 Å². The summed E-state index contributed by atoms with van der Waals surface area (Å²) in [5.41, 5.74) is -1.65. The molecule has 0 aromatic carbocycles. The number of rotatable bonds is 2. The van der Waals surface area contributed by atoms with Gasteiger partial charge in [-0.15, -0.1) is 5.10 Å². The Kier molecular flexibility index (Phi) is 3.06. The average molecular weight is 215 g/mol. The van der Waals surface area contributed by atoms with E-state index >= 15 is 0 Å². The first-order chi connectivity index (χ1) is 5.11. The minimum atomic E-state index is -1.65. The van der Waals surface area contributed by atoms with E-state index < -0.39 is 16.8 Å². The molecule has 1 heterocycles. The fraction of sp³-hybridized carbons (Fsp3) is 0.500. The molecule has 0 saturated carbocycles. The molecule has 7 heteroatoms. The van der Waals surface area contributed by atoms with Gasteiger partial charge in [0.2, 0.25) is 5.63 Å². The van der Waals surface area contributed by atoms with Crippen molar-refractivity contribution >= 4 is 34.1 Å². The van der Waals surface area contributed by atoms with Gasteiger partial charge in [-0.2, -0.15) is 0 Å². The number of alkyl halides is 2. The Balaban J connectivity index is 2.82. The van der Waals surface area contributed by atoms with Crippen LogP contribution < -0.4 is 0 Å². The van der Waals surface area contributed by atoms with E-state index in [0.717, 1.165) is 11.3 Å². The van der Waals surface area contributed by atoms with Crippen molar-refractivity contribution in [3.05, 3.63) is 5.01 Å². The van der Waals surface area contributed by atoms with Crippen LogP contribution in [0.25, 0.3) is 0 Å². The lowest BCUT2D eigenvalue weighted by Crippen LogP contribution is -1.95. The van der Waals surface area contributed by atoms with Gasteiger partial charge in [-0.1, -0.05) is 16.7 Å². The summed E-state index contributed by atoms with van der Waals surface area (Å²) in [6, 6.07) is 0. The quantitative estimate of drug-likeness (QED) is 0.554. The maximum Gasteiger partial charge on any atom is 0.321 e. The van der Waals surface area contributed by atoms with E-state index in [9.17, 15) is 8.94 Å². The molecule has 0 amide bonds. The summed E-state index contributed by atoms with van der Waals surface area (Å²) in [6.07, 6.45) is 1.45. The SMILES string of the molecule is C[S+]([O-])c1nnc(C(F)Cl)s1. The molecule has 1 aromatic heterocycles. The fourth-order valence-corrected chi connectivity index (χ4v) is 1.91. The Bertz CT molecular complexity index is 219. The van der Waals surface area contributed by atoms with Gasteiger partial charge >= 0.3 is 4.34 Å². The fourth-order valence-electron chi connectivity index (χ4n) is 0.425. The van der Waals surface area contributed by atoms with Crippen LogP contribution >= 0.6 is 22.9 Å². The largest absolute Gasteiger partial charge is 0.610 e. The second kappa shape index (κ2) is 3.66. The zero-order chi connectivity index (χ0) is 8.43. The molecule has 1 rings (SSSR count). The maximum atomic E-state index is 12.3. The average Bonchev–Trinajstić information content (AvgIpc) is 2.33. The normalized spacial score (nSPS) is 16.4. The minimum absolute atomic E-state index is 0.0527. The third kappa shape index (κ3) is 2.26. The van der Waals surface area contributed by atoms with E-state index in [1.807, 2.05) is 0 Å². The van der Waals surface area contributed by atoms with Gasteiger partial charge in [0.15, 0.2) is 5.01 Å². The van der Waals surface area contributed by atoms with Crippen LogP contribution in [0.5, 0.6) is 0 Å². The summed E-state index contributed by atoms with van der Waals surface area (Å²) >= 11 is 4.78. The van der Waals surface area contributed by atoms with Crippen LogP contribution in [0.15, 0.2) is 4.34 Å². The molecule has 0 spiro atoms. The van der Waals surface area contributed by atoms with E-state index in [0.29, 0.717) is 4.34 Å². The van der Waals surface area contributed by atoms with Crippen molar-refractivity contribution in [2.45, 2.75) is 9.97 Å². The van der Waals surface area contributed by atoms with Crippen molar-refractivity contribution in [3.63, 3.8) is 0 Å². The van der Waals surface area contributed by atoms with E-state index in [1.54, 1.807) is 0 Å². The van der Waals surface area contributed by atoms with Crippen molar-refractivity contribution in [2.24, 2.45) is 0 Å². The van der Waals surface area contributed by atoms with E-state index in [2.05, 4.69) is 10.2 Å². The monoisotopic (exact) mass is 214 g/mol. The summed E-state index contributed by atoms with van der Waals surface area (Å²) in [4.78, 5) is 0. The van der Waals surface area contributed by atoms with Gasteiger partial charge < -0.3 is 4.55 Å². The molecule has 11 heavy (non-hydrogen) atoms. The highest BCUT2D eigenvalue weighted by molar-refractivity contribution is 7.92. The molecule has 2 unspecified atom stereocenters. The summed E-state index contributed by atoms with van der Waals surface area (Å²) in [7, 11) is 0. The second-order valence-electron chi connectivity index (χ2n) is 1.66. The third-order valence-corrected chi connectivity index (χ3v) is 3.47. The van der Waals surface area contributed by atoms with Crippen molar-refractivity contribution in [2.75, 3.05) is 6.26 Å². The summed E-state index contributed by atoms with van der Waals surface area (Å²) in [5.74, 6) is 0. The van der Waals surface area contributed by atoms with Crippen LogP contribution in [0.2, 0.25) is 0 Å². The molecule has 62 valence electrons. The van der Waals surface area contributed by atoms with Crippen LogP contribution in [0.4, 0.5) is 4.39 Å². The molecule has 0 saturated heterocycles. The van der Waals surface area contributed by atoms with Crippen molar-refractivity contribution in [1.82, 2.24) is 10.2 Å². The molecule has 0 fully saturated rings. The standard InChI is InChI=1S/C4H4ClFN2OS2/c1-11(9)4-8-7-3(10-4)2(5)6/h2H,1H3. The molecule has 0 radical (unpaired) electrons. The highest BCUT2D eigenvalue weighted by Crippen LogP contribution is 2.26. The Labute approximate surface area is 74.8 Å². The first kappa shape index (κ1) is 9.18. The second-order valence-corrected chi connectivity index (χ2v) is 4.61. The minimum Gasteiger partial charge on any atom is -0.610 e. The first-order valence-electron chi connectivity index (χ1n) is 2.56. The van der Waals surface area contributed by atoms with E-state index in [4.69, 9.17) is 11.6 Å². The molecule has 3 nitrogen and oxygen atoms in total. The number of nitrogens with zero attached hydrogens (tertiary/aromatic N) is 2. The molecule has 1 aromatic rings. The molecule has 0 N–H and O–H groups in total. The van der Waals surface area contributed by atoms with Crippen molar-refractivity contribution in [1.29, 1.82) is 0 Å². The lowest BCUT2D eigenvalue weighted by molar-refractivity contribution is 0.456. The highest BCUT2D eigenvalue weighted by Gasteiger charge is 2.17. The molecular weight excluding hydrogens is 211 g/mol. The molecule has 0 aliphatic heterocycles. The Morgan fingerprint density at radius 3 is 2.64 bits per heavy atom. The third-order valence-electron chi connectivity index (χ3n) is 0.855. The number of hydrogen-bond donors (Lipinski definition) is 0. The van der Waals surface area contributed by atoms with Crippen molar-refractivity contribution in [3.8, 4) is 0 Å². The number of hydrogen-bond acceptors (Lipinski definition) is 4. The predicted molar refractivity (Wildman–Crippen MR) is 41.9 cm³/mol. The van der Waals surface area contributed by atoms with Gasteiger partial charge in [-0.05, 0) is 11.3 Å². The number of halogens is 2. The molecule has 2 atom stereocenters. The molecule has 0 aliphatic rings. The summed E-state index contributed by atoms with van der Waals surface area (Å²) in [6.45, 7) is 0. The number of aromatic nitrogens is 2. The van der Waals surface area contributed by atoms with E-state index in [-0.39, 0.29) is 5.01 Å². The van der Waals surface area contributed by atoms with Crippen LogP contribution in [0.1, 0.15) is 10.6 Å². The van der Waals surface area contributed by atoms with Gasteiger partial charge in [0.1, 0.15) is 6.26 Å². The lowest BCUT2D eigenvalue weighted by Gasteiger charge is -1.94. The Morgan fingerprint density at radius 2 is 2.36 bits per heavy atom. The zero-order valence-electron chi connectivity index (χ0n) is 5.45. The van der Waals surface area contributed by atoms with Gasteiger partial charge in [-0.25, -0.2) is 4.39 Å². The van der Waals surface area contributed by atoms with Gasteiger partial charge in [0, 0.05) is 11.2 Å². The van der Waals surface area contributed by atoms with Gasteiger partial charge in [0.25, 0.3) is 0 Å².